The lowest BCUT2D eigenvalue weighted by Gasteiger charge is -2.15. The van der Waals surface area contributed by atoms with Crippen LogP contribution in [0.2, 0.25) is 0 Å². The van der Waals surface area contributed by atoms with Gasteiger partial charge in [-0.2, -0.15) is 0 Å². The molecule has 0 unspecified atom stereocenters. The largest absolute Gasteiger partial charge is 0.479 e. The second-order valence-electron chi connectivity index (χ2n) is 4.09. The van der Waals surface area contributed by atoms with Crippen molar-refractivity contribution in [1.82, 2.24) is 10.6 Å². The topological polar surface area (TPSA) is 84.5 Å². The molecule has 1 aliphatic heterocycles. The summed E-state index contributed by atoms with van der Waals surface area (Å²) in [6, 6.07) is 2.53. The summed E-state index contributed by atoms with van der Waals surface area (Å²) < 4.78 is 6.72. The molecule has 1 aromatic rings. The lowest BCUT2D eigenvalue weighted by molar-refractivity contribution is -0.123. The van der Waals surface area contributed by atoms with Crippen LogP contribution in [0.1, 0.15) is 5.56 Å². The van der Waals surface area contributed by atoms with Gasteiger partial charge in [-0.15, -0.1) is 6.42 Å². The van der Waals surface area contributed by atoms with Crippen LogP contribution in [0.5, 0.6) is 5.75 Å². The number of hydrogen-bond acceptors (Lipinski definition) is 4. The fourth-order valence-corrected chi connectivity index (χ4v) is 3.09. The molecule has 1 aromatic carbocycles. The maximum atomic E-state index is 11.8. The molecule has 4 amide bonds. The van der Waals surface area contributed by atoms with Gasteiger partial charge in [0, 0.05) is 10.0 Å². The Hall–Kier alpha value is -2.11. The van der Waals surface area contributed by atoms with Gasteiger partial charge in [0.05, 0.1) is 4.47 Å². The number of nitrogens with one attached hydrogen (secondary N) is 2. The Morgan fingerprint density at radius 3 is 2.41 bits per heavy atom. The molecule has 22 heavy (non-hydrogen) atoms. The van der Waals surface area contributed by atoms with E-state index in [2.05, 4.69) is 37.8 Å². The second-order valence-corrected chi connectivity index (χ2v) is 5.86. The van der Waals surface area contributed by atoms with Gasteiger partial charge in [-0.05, 0) is 34.1 Å². The minimum atomic E-state index is -0.855. The Morgan fingerprint density at radius 2 is 1.82 bits per heavy atom. The Balaban J connectivity index is 2.49. The van der Waals surface area contributed by atoms with Crippen molar-refractivity contribution in [2.24, 2.45) is 0 Å². The molecule has 1 heterocycles. The van der Waals surface area contributed by atoms with Crippen molar-refractivity contribution >= 4 is 55.8 Å². The summed E-state index contributed by atoms with van der Waals surface area (Å²) in [5.41, 5.74) is 0.237. The van der Waals surface area contributed by atoms with Gasteiger partial charge < -0.3 is 4.74 Å². The average molecular weight is 428 g/mol. The summed E-state index contributed by atoms with van der Waals surface area (Å²) in [6.07, 6.45) is 6.49. The summed E-state index contributed by atoms with van der Waals surface area (Å²) in [4.78, 5) is 34.6. The van der Waals surface area contributed by atoms with E-state index < -0.39 is 17.8 Å². The Kier molecular flexibility index (Phi) is 5.00. The van der Waals surface area contributed by atoms with E-state index in [-0.39, 0.29) is 12.2 Å². The highest BCUT2D eigenvalue weighted by molar-refractivity contribution is 9.11. The summed E-state index contributed by atoms with van der Waals surface area (Å²) in [5.74, 6) is 1.15. The monoisotopic (exact) mass is 426 g/mol. The molecule has 6 nitrogen and oxygen atoms in total. The van der Waals surface area contributed by atoms with Crippen molar-refractivity contribution in [3.63, 3.8) is 0 Å². The molecule has 2 rings (SSSR count). The van der Waals surface area contributed by atoms with Gasteiger partial charge >= 0.3 is 6.03 Å². The highest BCUT2D eigenvalue weighted by atomic mass is 79.9. The van der Waals surface area contributed by atoms with E-state index in [0.29, 0.717) is 20.3 Å². The number of benzene rings is 1. The maximum Gasteiger partial charge on any atom is 0.328 e. The van der Waals surface area contributed by atoms with E-state index in [1.807, 2.05) is 10.6 Å². The first-order valence-electron chi connectivity index (χ1n) is 5.86. The van der Waals surface area contributed by atoms with Gasteiger partial charge in [-0.1, -0.05) is 21.9 Å². The first kappa shape index (κ1) is 16.3. The Bertz CT molecular complexity index is 728. The number of rotatable bonds is 3. The van der Waals surface area contributed by atoms with Crippen LogP contribution in [0.4, 0.5) is 4.79 Å². The number of terminal acetylenes is 1. The van der Waals surface area contributed by atoms with E-state index in [0.717, 1.165) is 0 Å². The summed E-state index contributed by atoms with van der Waals surface area (Å²) in [7, 11) is 0. The molecule has 0 bridgehead atoms. The maximum absolute atomic E-state index is 11.8. The van der Waals surface area contributed by atoms with E-state index >= 15 is 0 Å². The molecule has 1 aliphatic rings. The standard InChI is InChI=1S/C14H8Br2N2O4/c1-2-3-22-11-7(4-8(15)6-10(11)16)5-9-12(19)17-14(21)18-13(9)20/h1,4-6H,3H2,(H2,17,18,19,20,21). The Morgan fingerprint density at radius 1 is 1.18 bits per heavy atom. The van der Waals surface area contributed by atoms with E-state index in [1.165, 1.54) is 6.08 Å². The lowest BCUT2D eigenvalue weighted by Crippen LogP contribution is -2.51. The first-order chi connectivity index (χ1) is 10.4. The number of ether oxygens (including phenoxy) is 1. The van der Waals surface area contributed by atoms with Gasteiger partial charge in [0.15, 0.2) is 0 Å². The molecule has 0 saturated carbocycles. The summed E-state index contributed by atoms with van der Waals surface area (Å²) in [5, 5.41) is 3.99. The highest BCUT2D eigenvalue weighted by Gasteiger charge is 2.28. The molecule has 1 saturated heterocycles. The fraction of sp³-hybridized carbons (Fsp3) is 0.0714. The lowest BCUT2D eigenvalue weighted by atomic mass is 10.1. The first-order valence-corrected chi connectivity index (χ1v) is 7.44. The minimum Gasteiger partial charge on any atom is -0.479 e. The third kappa shape index (κ3) is 3.55. The Labute approximate surface area is 142 Å². The van der Waals surface area contributed by atoms with Gasteiger partial charge in [0.25, 0.3) is 11.8 Å². The molecule has 112 valence electrons. The average Bonchev–Trinajstić information content (AvgIpc) is 2.41. The van der Waals surface area contributed by atoms with Crippen molar-refractivity contribution < 1.29 is 19.1 Å². The van der Waals surface area contributed by atoms with Crippen LogP contribution in [0.15, 0.2) is 26.7 Å². The minimum absolute atomic E-state index is 0.0211. The van der Waals surface area contributed by atoms with Crippen LogP contribution in [-0.2, 0) is 9.59 Å². The molecule has 0 aromatic heterocycles. The zero-order chi connectivity index (χ0) is 16.3. The smallest absolute Gasteiger partial charge is 0.328 e. The van der Waals surface area contributed by atoms with Gasteiger partial charge in [-0.3, -0.25) is 20.2 Å². The normalized spacial score (nSPS) is 14.0. The predicted octanol–water partition coefficient (Wildman–Crippen LogP) is 1.97. The van der Waals surface area contributed by atoms with Crippen LogP contribution in [0.25, 0.3) is 6.08 Å². The van der Waals surface area contributed by atoms with Crippen molar-refractivity contribution in [3.8, 4) is 18.1 Å². The third-order valence-electron chi connectivity index (χ3n) is 2.58. The number of hydrogen-bond donors (Lipinski definition) is 2. The number of carbonyl (C=O) groups excluding carboxylic acids is 3. The van der Waals surface area contributed by atoms with Crippen molar-refractivity contribution in [3.05, 3.63) is 32.2 Å². The van der Waals surface area contributed by atoms with Crippen LogP contribution in [-0.4, -0.2) is 24.5 Å². The summed E-state index contributed by atoms with van der Waals surface area (Å²) in [6.45, 7) is 0.0211. The van der Waals surface area contributed by atoms with Gasteiger partial charge in [-0.25, -0.2) is 4.79 Å². The number of imide groups is 2. The van der Waals surface area contributed by atoms with Crippen LogP contribution in [0.3, 0.4) is 0 Å². The second kappa shape index (κ2) is 6.77. The zero-order valence-electron chi connectivity index (χ0n) is 10.9. The number of carbonyl (C=O) groups is 3. The number of urea groups is 1. The SMILES string of the molecule is C#CCOc1c(Br)cc(Br)cc1C=C1C(=O)NC(=O)NC1=O. The molecule has 2 N–H and O–H groups in total. The van der Waals surface area contributed by atoms with E-state index in [4.69, 9.17) is 11.2 Å². The van der Waals surface area contributed by atoms with Crippen LogP contribution >= 0.6 is 31.9 Å². The highest BCUT2D eigenvalue weighted by Crippen LogP contribution is 2.34. The van der Waals surface area contributed by atoms with E-state index in [9.17, 15) is 14.4 Å². The quantitative estimate of drug-likeness (QED) is 0.438. The predicted molar refractivity (Wildman–Crippen MR) is 85.8 cm³/mol. The molecule has 8 heteroatoms. The van der Waals surface area contributed by atoms with Crippen molar-refractivity contribution in [2.75, 3.05) is 6.61 Å². The van der Waals surface area contributed by atoms with Gasteiger partial charge in [0.2, 0.25) is 0 Å². The molecule has 0 aliphatic carbocycles. The van der Waals surface area contributed by atoms with E-state index in [1.54, 1.807) is 12.1 Å². The number of barbiturate groups is 1. The molecular weight excluding hydrogens is 420 g/mol. The third-order valence-corrected chi connectivity index (χ3v) is 3.63. The van der Waals surface area contributed by atoms with Gasteiger partial charge in [0.1, 0.15) is 17.9 Å². The number of halogens is 2. The van der Waals surface area contributed by atoms with Crippen LogP contribution < -0.4 is 15.4 Å². The molecule has 0 atom stereocenters. The molecule has 1 fully saturated rings. The zero-order valence-corrected chi connectivity index (χ0v) is 14.1. The number of amides is 4. The van der Waals surface area contributed by atoms with Crippen molar-refractivity contribution in [1.29, 1.82) is 0 Å². The molecular formula is C14H8Br2N2O4. The summed E-state index contributed by atoms with van der Waals surface area (Å²) >= 11 is 6.63. The molecule has 0 spiro atoms. The fourth-order valence-electron chi connectivity index (χ4n) is 1.72. The molecule has 0 radical (unpaired) electrons. The van der Waals surface area contributed by atoms with Crippen LogP contribution in [0, 0.1) is 12.3 Å². The van der Waals surface area contributed by atoms with Crippen molar-refractivity contribution in [2.45, 2.75) is 0 Å².